The van der Waals surface area contributed by atoms with E-state index >= 15 is 0 Å². The quantitative estimate of drug-likeness (QED) is 0.743. The molecule has 0 bridgehead atoms. The highest BCUT2D eigenvalue weighted by molar-refractivity contribution is 7.10. The minimum Gasteiger partial charge on any atom is -0.320 e. The van der Waals surface area contributed by atoms with Gasteiger partial charge in [0.25, 0.3) is 0 Å². The third kappa shape index (κ3) is 2.60. The van der Waals surface area contributed by atoms with E-state index in [0.717, 1.165) is 5.56 Å². The molecule has 19 heavy (non-hydrogen) atoms. The molecule has 0 amide bonds. The molecule has 0 aliphatic heterocycles. The van der Waals surface area contributed by atoms with Crippen LogP contribution in [-0.2, 0) is 0 Å². The molecule has 1 heterocycles. The van der Waals surface area contributed by atoms with Gasteiger partial charge in [0.15, 0.2) is 0 Å². The van der Waals surface area contributed by atoms with Gasteiger partial charge >= 0.3 is 0 Å². The van der Waals surface area contributed by atoms with Crippen molar-refractivity contribution in [2.24, 2.45) is 5.73 Å². The van der Waals surface area contributed by atoms with Crippen molar-refractivity contribution in [1.29, 1.82) is 0 Å². The summed E-state index contributed by atoms with van der Waals surface area (Å²) < 4.78 is 0. The van der Waals surface area contributed by atoms with Crippen molar-refractivity contribution in [2.45, 2.75) is 6.04 Å². The molecule has 2 aromatic carbocycles. The monoisotopic (exact) mass is 265 g/mol. The average Bonchev–Trinajstić information content (AvgIpc) is 3.02. The SMILES string of the molecule is N[C@H](c1ccc(-c2ccccc2)cc1)c1cccs1. The van der Waals surface area contributed by atoms with Crippen LogP contribution in [0.1, 0.15) is 16.5 Å². The summed E-state index contributed by atoms with van der Waals surface area (Å²) in [5, 5.41) is 2.06. The van der Waals surface area contributed by atoms with E-state index in [2.05, 4.69) is 60.0 Å². The zero-order valence-corrected chi connectivity index (χ0v) is 11.3. The second kappa shape index (κ2) is 5.39. The molecule has 0 aliphatic rings. The second-order valence-corrected chi connectivity index (χ2v) is 5.46. The van der Waals surface area contributed by atoms with Crippen molar-refractivity contribution in [2.75, 3.05) is 0 Å². The zero-order chi connectivity index (χ0) is 13.1. The zero-order valence-electron chi connectivity index (χ0n) is 10.5. The maximum atomic E-state index is 6.26. The Balaban J connectivity index is 1.87. The Kier molecular flexibility index (Phi) is 3.45. The summed E-state index contributed by atoms with van der Waals surface area (Å²) in [6.45, 7) is 0. The van der Waals surface area contributed by atoms with Crippen LogP contribution >= 0.6 is 11.3 Å². The van der Waals surface area contributed by atoms with E-state index in [4.69, 9.17) is 5.73 Å². The highest BCUT2D eigenvalue weighted by atomic mass is 32.1. The predicted molar refractivity (Wildman–Crippen MR) is 82.2 cm³/mol. The Morgan fingerprint density at radius 1 is 0.737 bits per heavy atom. The number of thiophene rings is 1. The lowest BCUT2D eigenvalue weighted by molar-refractivity contribution is 0.894. The molecular formula is C17H15NS. The molecule has 2 N–H and O–H groups in total. The maximum absolute atomic E-state index is 6.26. The van der Waals surface area contributed by atoms with Gasteiger partial charge in [-0.2, -0.15) is 0 Å². The van der Waals surface area contributed by atoms with Crippen molar-refractivity contribution in [1.82, 2.24) is 0 Å². The van der Waals surface area contributed by atoms with Crippen molar-refractivity contribution < 1.29 is 0 Å². The third-order valence-corrected chi connectivity index (χ3v) is 4.18. The summed E-state index contributed by atoms with van der Waals surface area (Å²) in [5.74, 6) is 0. The number of benzene rings is 2. The van der Waals surface area contributed by atoms with Crippen LogP contribution in [-0.4, -0.2) is 0 Å². The third-order valence-electron chi connectivity index (χ3n) is 3.23. The maximum Gasteiger partial charge on any atom is 0.0645 e. The average molecular weight is 265 g/mol. The standard InChI is InChI=1S/C17H15NS/c18-17(16-7-4-12-19-16)15-10-8-14(9-11-15)13-5-2-1-3-6-13/h1-12,17H,18H2/t17-/m1/s1. The minimum atomic E-state index is -0.0233. The van der Waals surface area contributed by atoms with Crippen LogP contribution in [0.25, 0.3) is 11.1 Å². The molecule has 0 unspecified atom stereocenters. The van der Waals surface area contributed by atoms with Gasteiger partial charge in [-0.25, -0.2) is 0 Å². The molecule has 3 rings (SSSR count). The molecule has 0 aliphatic carbocycles. The van der Waals surface area contributed by atoms with Gasteiger partial charge in [0.1, 0.15) is 0 Å². The predicted octanol–water partition coefficient (Wildman–Crippen LogP) is 4.46. The van der Waals surface area contributed by atoms with E-state index in [1.54, 1.807) is 11.3 Å². The molecule has 0 saturated heterocycles. The van der Waals surface area contributed by atoms with Gasteiger partial charge in [0.05, 0.1) is 6.04 Å². The molecular weight excluding hydrogens is 250 g/mol. The Morgan fingerprint density at radius 2 is 1.42 bits per heavy atom. The molecule has 0 saturated carbocycles. The Morgan fingerprint density at radius 3 is 2.05 bits per heavy atom. The lowest BCUT2D eigenvalue weighted by atomic mass is 10.0. The fourth-order valence-corrected chi connectivity index (χ4v) is 2.90. The van der Waals surface area contributed by atoms with Crippen LogP contribution in [0.15, 0.2) is 72.1 Å². The van der Waals surface area contributed by atoms with Gasteiger partial charge in [-0.05, 0) is 28.1 Å². The van der Waals surface area contributed by atoms with E-state index in [-0.39, 0.29) is 6.04 Å². The Bertz CT molecular complexity index is 627. The molecule has 1 atom stereocenters. The second-order valence-electron chi connectivity index (χ2n) is 4.48. The van der Waals surface area contributed by atoms with Crippen molar-refractivity contribution >= 4 is 11.3 Å². The molecule has 3 aromatic rings. The molecule has 1 nitrogen and oxygen atoms in total. The smallest absolute Gasteiger partial charge is 0.0645 e. The lowest BCUT2D eigenvalue weighted by Gasteiger charge is -2.11. The fraction of sp³-hybridized carbons (Fsp3) is 0.0588. The van der Waals surface area contributed by atoms with Crippen LogP contribution in [0, 0.1) is 0 Å². The first-order chi connectivity index (χ1) is 9.34. The van der Waals surface area contributed by atoms with Crippen LogP contribution < -0.4 is 5.73 Å². The summed E-state index contributed by atoms with van der Waals surface area (Å²) in [4.78, 5) is 1.20. The van der Waals surface area contributed by atoms with Gasteiger partial charge in [-0.15, -0.1) is 11.3 Å². The number of nitrogens with two attached hydrogens (primary N) is 1. The molecule has 0 radical (unpaired) electrons. The Hall–Kier alpha value is -1.90. The first kappa shape index (κ1) is 12.2. The van der Waals surface area contributed by atoms with Crippen LogP contribution in [0.3, 0.4) is 0 Å². The van der Waals surface area contributed by atoms with Gasteiger partial charge in [-0.3, -0.25) is 0 Å². The fourth-order valence-electron chi connectivity index (χ4n) is 2.15. The minimum absolute atomic E-state index is 0.0233. The number of hydrogen-bond donors (Lipinski definition) is 1. The highest BCUT2D eigenvalue weighted by Crippen LogP contribution is 2.26. The summed E-state index contributed by atoms with van der Waals surface area (Å²) in [5.41, 5.74) is 9.87. The van der Waals surface area contributed by atoms with E-state index in [0.29, 0.717) is 0 Å². The van der Waals surface area contributed by atoms with Crippen molar-refractivity contribution in [3.8, 4) is 11.1 Å². The van der Waals surface area contributed by atoms with Crippen LogP contribution in [0.2, 0.25) is 0 Å². The summed E-state index contributed by atoms with van der Waals surface area (Å²) >= 11 is 1.70. The summed E-state index contributed by atoms with van der Waals surface area (Å²) in [6, 6.07) is 23.0. The molecule has 0 spiro atoms. The van der Waals surface area contributed by atoms with Gasteiger partial charge < -0.3 is 5.73 Å². The molecule has 1 aromatic heterocycles. The van der Waals surface area contributed by atoms with E-state index in [1.165, 1.54) is 16.0 Å². The van der Waals surface area contributed by atoms with E-state index in [1.807, 2.05) is 12.1 Å². The van der Waals surface area contributed by atoms with E-state index < -0.39 is 0 Å². The topological polar surface area (TPSA) is 26.0 Å². The van der Waals surface area contributed by atoms with Gasteiger partial charge in [-0.1, -0.05) is 60.7 Å². The van der Waals surface area contributed by atoms with Gasteiger partial charge in [0, 0.05) is 4.88 Å². The largest absolute Gasteiger partial charge is 0.320 e. The molecule has 94 valence electrons. The van der Waals surface area contributed by atoms with Crippen molar-refractivity contribution in [3.63, 3.8) is 0 Å². The number of hydrogen-bond acceptors (Lipinski definition) is 2. The lowest BCUT2D eigenvalue weighted by Crippen LogP contribution is -2.09. The van der Waals surface area contributed by atoms with Crippen LogP contribution in [0.4, 0.5) is 0 Å². The number of rotatable bonds is 3. The van der Waals surface area contributed by atoms with Gasteiger partial charge in [0.2, 0.25) is 0 Å². The van der Waals surface area contributed by atoms with Crippen LogP contribution in [0.5, 0.6) is 0 Å². The Labute approximate surface area is 117 Å². The van der Waals surface area contributed by atoms with E-state index in [9.17, 15) is 0 Å². The summed E-state index contributed by atoms with van der Waals surface area (Å²) in [6.07, 6.45) is 0. The van der Waals surface area contributed by atoms with Crippen molar-refractivity contribution in [3.05, 3.63) is 82.6 Å². The molecule has 2 heteroatoms. The molecule has 0 fully saturated rings. The first-order valence-corrected chi connectivity index (χ1v) is 7.17. The first-order valence-electron chi connectivity index (χ1n) is 6.29. The normalized spacial score (nSPS) is 12.3. The summed E-state index contributed by atoms with van der Waals surface area (Å²) in [7, 11) is 0. The highest BCUT2D eigenvalue weighted by Gasteiger charge is 2.09.